The maximum absolute atomic E-state index is 9.77. The van der Waals surface area contributed by atoms with Crippen molar-refractivity contribution in [3.63, 3.8) is 0 Å². The Labute approximate surface area is 125 Å². The number of rotatable bonds is 3. The van der Waals surface area contributed by atoms with Crippen LogP contribution in [0.25, 0.3) is 10.9 Å². The fraction of sp³-hybridized carbons (Fsp3) is 0.471. The number of nitrogens with two attached hydrogens (primary N) is 1. The Bertz CT molecular complexity index is 641. The zero-order chi connectivity index (χ0) is 14.8. The summed E-state index contributed by atoms with van der Waals surface area (Å²) < 4.78 is 0. The van der Waals surface area contributed by atoms with Gasteiger partial charge in [0.1, 0.15) is 0 Å². The molecule has 3 rings (SSSR count). The van der Waals surface area contributed by atoms with Gasteiger partial charge < -0.3 is 16.2 Å². The van der Waals surface area contributed by atoms with Crippen molar-refractivity contribution in [1.82, 2.24) is 4.98 Å². The molecule has 4 nitrogen and oxygen atoms in total. The molecule has 0 spiro atoms. The first-order valence-corrected chi connectivity index (χ1v) is 7.70. The van der Waals surface area contributed by atoms with Crippen molar-refractivity contribution in [1.29, 1.82) is 0 Å². The minimum Gasteiger partial charge on any atom is -0.399 e. The molecule has 1 aromatic heterocycles. The van der Waals surface area contributed by atoms with Gasteiger partial charge in [-0.3, -0.25) is 4.98 Å². The van der Waals surface area contributed by atoms with Crippen molar-refractivity contribution in [3.05, 3.63) is 30.0 Å². The molecule has 2 unspecified atom stereocenters. The first kappa shape index (κ1) is 14.1. The third-order valence-electron chi connectivity index (χ3n) is 4.30. The van der Waals surface area contributed by atoms with Crippen LogP contribution in [0, 0.1) is 12.8 Å². The lowest BCUT2D eigenvalue weighted by Gasteiger charge is -2.26. The summed E-state index contributed by atoms with van der Waals surface area (Å²) in [5.41, 5.74) is 9.71. The summed E-state index contributed by atoms with van der Waals surface area (Å²) in [6.07, 6.45) is 4.03. The number of nitrogens with one attached hydrogen (secondary N) is 1. The predicted molar refractivity (Wildman–Crippen MR) is 87.3 cm³/mol. The second-order valence-corrected chi connectivity index (χ2v) is 6.16. The van der Waals surface area contributed by atoms with E-state index in [0.717, 1.165) is 53.8 Å². The van der Waals surface area contributed by atoms with Gasteiger partial charge in [0.25, 0.3) is 0 Å². The zero-order valence-electron chi connectivity index (χ0n) is 12.5. The first-order valence-electron chi connectivity index (χ1n) is 7.70. The third kappa shape index (κ3) is 3.27. The maximum Gasteiger partial charge on any atom is 0.0727 e. The highest BCUT2D eigenvalue weighted by Crippen LogP contribution is 2.28. The Morgan fingerprint density at radius 2 is 2.19 bits per heavy atom. The standard InChI is InChI=1S/C17H23N3O/c1-11-7-17(15-9-13(18)5-6-16(15)20-11)19-10-12-3-2-4-14(21)8-12/h5-7,9,12,14,21H,2-4,8,10,18H2,1H3,(H,19,20). The number of fused-ring (bicyclic) bond motifs is 1. The monoisotopic (exact) mass is 285 g/mol. The van der Waals surface area contributed by atoms with Crippen LogP contribution in [0.4, 0.5) is 11.4 Å². The van der Waals surface area contributed by atoms with Crippen LogP contribution in [0.2, 0.25) is 0 Å². The number of benzene rings is 1. The molecule has 1 aliphatic carbocycles. The molecule has 4 N–H and O–H groups in total. The van der Waals surface area contributed by atoms with E-state index < -0.39 is 0 Å². The van der Waals surface area contributed by atoms with Gasteiger partial charge in [-0.25, -0.2) is 0 Å². The fourth-order valence-electron chi connectivity index (χ4n) is 3.22. The topological polar surface area (TPSA) is 71.2 Å². The van der Waals surface area contributed by atoms with E-state index in [1.807, 2.05) is 25.1 Å². The summed E-state index contributed by atoms with van der Waals surface area (Å²) in [5.74, 6) is 0.540. The van der Waals surface area contributed by atoms with Crippen LogP contribution < -0.4 is 11.1 Å². The molecule has 0 amide bonds. The number of aryl methyl sites for hydroxylation is 1. The number of anilines is 2. The van der Waals surface area contributed by atoms with Gasteiger partial charge in [-0.05, 0) is 56.4 Å². The molecule has 1 saturated carbocycles. The summed E-state index contributed by atoms with van der Waals surface area (Å²) in [5, 5.41) is 14.4. The van der Waals surface area contributed by atoms with Gasteiger partial charge in [0.05, 0.1) is 11.6 Å². The Balaban J connectivity index is 1.81. The largest absolute Gasteiger partial charge is 0.399 e. The Hall–Kier alpha value is -1.81. The Morgan fingerprint density at radius 3 is 3.00 bits per heavy atom. The molecule has 112 valence electrons. The molecule has 1 aliphatic rings. The summed E-state index contributed by atoms with van der Waals surface area (Å²) in [6.45, 7) is 2.90. The summed E-state index contributed by atoms with van der Waals surface area (Å²) in [7, 11) is 0. The average Bonchev–Trinajstić information content (AvgIpc) is 2.45. The van der Waals surface area contributed by atoms with E-state index in [4.69, 9.17) is 5.73 Å². The molecule has 21 heavy (non-hydrogen) atoms. The van der Waals surface area contributed by atoms with Crippen LogP contribution in [0.15, 0.2) is 24.3 Å². The van der Waals surface area contributed by atoms with Crippen molar-refractivity contribution in [2.45, 2.75) is 38.7 Å². The number of aliphatic hydroxyl groups excluding tert-OH is 1. The molecule has 0 bridgehead atoms. The van der Waals surface area contributed by atoms with E-state index in [9.17, 15) is 5.11 Å². The van der Waals surface area contributed by atoms with Gasteiger partial charge in [-0.1, -0.05) is 6.42 Å². The van der Waals surface area contributed by atoms with Gasteiger partial charge in [0.15, 0.2) is 0 Å². The smallest absolute Gasteiger partial charge is 0.0727 e. The number of pyridine rings is 1. The van der Waals surface area contributed by atoms with Gasteiger partial charge in [0, 0.05) is 29.0 Å². The Kier molecular flexibility index (Phi) is 3.97. The van der Waals surface area contributed by atoms with E-state index >= 15 is 0 Å². The highest BCUT2D eigenvalue weighted by Gasteiger charge is 2.20. The minimum absolute atomic E-state index is 0.128. The number of hydrogen-bond donors (Lipinski definition) is 3. The predicted octanol–water partition coefficient (Wildman–Crippen LogP) is 3.09. The summed E-state index contributed by atoms with van der Waals surface area (Å²) >= 11 is 0. The van der Waals surface area contributed by atoms with Crippen molar-refractivity contribution in [2.75, 3.05) is 17.6 Å². The van der Waals surface area contributed by atoms with E-state index in [0.29, 0.717) is 5.92 Å². The number of nitrogens with zero attached hydrogens (tertiary/aromatic N) is 1. The lowest BCUT2D eigenvalue weighted by Crippen LogP contribution is -2.25. The molecule has 1 fully saturated rings. The lowest BCUT2D eigenvalue weighted by molar-refractivity contribution is 0.105. The minimum atomic E-state index is -0.128. The number of nitrogen functional groups attached to an aromatic ring is 1. The SMILES string of the molecule is Cc1cc(NCC2CCCC(O)C2)c2cc(N)ccc2n1. The van der Waals surface area contributed by atoms with Crippen LogP contribution in [0.1, 0.15) is 31.4 Å². The molecular formula is C17H23N3O. The summed E-state index contributed by atoms with van der Waals surface area (Å²) in [6, 6.07) is 7.89. The molecule has 0 radical (unpaired) electrons. The maximum atomic E-state index is 9.77. The normalized spacial score (nSPS) is 22.4. The molecule has 1 heterocycles. The number of hydrogen-bond acceptors (Lipinski definition) is 4. The fourth-order valence-corrected chi connectivity index (χ4v) is 3.22. The van der Waals surface area contributed by atoms with E-state index in [1.54, 1.807) is 0 Å². The highest BCUT2D eigenvalue weighted by atomic mass is 16.3. The number of aromatic nitrogens is 1. The van der Waals surface area contributed by atoms with Crippen molar-refractivity contribution < 1.29 is 5.11 Å². The van der Waals surface area contributed by atoms with E-state index in [1.165, 1.54) is 6.42 Å². The molecule has 0 aliphatic heterocycles. The van der Waals surface area contributed by atoms with Crippen LogP contribution in [0.5, 0.6) is 0 Å². The van der Waals surface area contributed by atoms with Crippen molar-refractivity contribution in [3.8, 4) is 0 Å². The number of aliphatic hydroxyl groups is 1. The molecule has 2 aromatic rings. The molecule has 2 atom stereocenters. The van der Waals surface area contributed by atoms with E-state index in [-0.39, 0.29) is 6.10 Å². The Morgan fingerprint density at radius 1 is 1.33 bits per heavy atom. The van der Waals surface area contributed by atoms with Crippen LogP contribution >= 0.6 is 0 Å². The zero-order valence-corrected chi connectivity index (χ0v) is 12.5. The van der Waals surface area contributed by atoms with Gasteiger partial charge in [-0.2, -0.15) is 0 Å². The average molecular weight is 285 g/mol. The molecule has 0 saturated heterocycles. The van der Waals surface area contributed by atoms with Gasteiger partial charge in [-0.15, -0.1) is 0 Å². The van der Waals surface area contributed by atoms with Crippen LogP contribution in [-0.2, 0) is 0 Å². The van der Waals surface area contributed by atoms with Gasteiger partial charge in [0.2, 0.25) is 0 Å². The van der Waals surface area contributed by atoms with Crippen molar-refractivity contribution in [2.24, 2.45) is 5.92 Å². The van der Waals surface area contributed by atoms with Crippen molar-refractivity contribution >= 4 is 22.3 Å². The first-order chi connectivity index (χ1) is 10.1. The molecule has 1 aromatic carbocycles. The highest BCUT2D eigenvalue weighted by molar-refractivity contribution is 5.93. The molecule has 4 heteroatoms. The molecular weight excluding hydrogens is 262 g/mol. The van der Waals surface area contributed by atoms with Gasteiger partial charge >= 0.3 is 0 Å². The van der Waals surface area contributed by atoms with E-state index in [2.05, 4.69) is 16.4 Å². The third-order valence-corrected chi connectivity index (χ3v) is 4.30. The lowest BCUT2D eigenvalue weighted by atomic mass is 9.87. The quantitative estimate of drug-likeness (QED) is 0.758. The van der Waals surface area contributed by atoms with Crippen LogP contribution in [0.3, 0.4) is 0 Å². The second-order valence-electron chi connectivity index (χ2n) is 6.16. The summed E-state index contributed by atoms with van der Waals surface area (Å²) in [4.78, 5) is 4.55. The second kappa shape index (κ2) is 5.90. The van der Waals surface area contributed by atoms with Crippen LogP contribution in [-0.4, -0.2) is 22.7 Å².